The van der Waals surface area contributed by atoms with E-state index in [4.69, 9.17) is 16.6 Å². The minimum absolute atomic E-state index is 0.206. The summed E-state index contributed by atoms with van der Waals surface area (Å²) >= 11 is 5.20. The van der Waals surface area contributed by atoms with Gasteiger partial charge in [0.25, 0.3) is 0 Å². The van der Waals surface area contributed by atoms with Gasteiger partial charge in [-0.05, 0) is 12.1 Å². The fourth-order valence-electron chi connectivity index (χ4n) is 0.972. The quantitative estimate of drug-likeness (QED) is 0.725. The number of methoxy groups -OCH3 is 2. The van der Waals surface area contributed by atoms with Gasteiger partial charge in [0.15, 0.2) is 5.75 Å². The van der Waals surface area contributed by atoms with Crippen LogP contribution in [0, 0.1) is 0 Å². The van der Waals surface area contributed by atoms with Crippen molar-refractivity contribution >= 4 is 17.8 Å². The molecule has 76 valence electrons. The molecule has 0 saturated heterocycles. The van der Waals surface area contributed by atoms with Gasteiger partial charge in [-0.25, -0.2) is 4.79 Å². The molecule has 1 aromatic rings. The van der Waals surface area contributed by atoms with Crippen LogP contribution >= 0.6 is 11.9 Å². The normalized spacial score (nSPS) is 9.36. The summed E-state index contributed by atoms with van der Waals surface area (Å²) in [5, 5.41) is 0. The molecule has 0 heterocycles. The molecule has 0 aliphatic carbocycles. The van der Waals surface area contributed by atoms with E-state index in [-0.39, 0.29) is 11.3 Å². The average Bonchev–Trinajstić information content (AvgIpc) is 2.27. The standard InChI is InChI=1S/C9H9ClO4/c1-12-6-3-4-7(9(11)13-2)8(5-6)14-10/h3-5H,1-2H3. The zero-order valence-electron chi connectivity index (χ0n) is 7.74. The van der Waals surface area contributed by atoms with Crippen LogP contribution in [-0.4, -0.2) is 20.2 Å². The van der Waals surface area contributed by atoms with Crippen molar-refractivity contribution in [2.75, 3.05) is 14.2 Å². The van der Waals surface area contributed by atoms with Crippen LogP contribution in [0.25, 0.3) is 0 Å². The van der Waals surface area contributed by atoms with Gasteiger partial charge < -0.3 is 13.8 Å². The summed E-state index contributed by atoms with van der Waals surface area (Å²) in [5.74, 6) is 0.245. The summed E-state index contributed by atoms with van der Waals surface area (Å²) in [6, 6.07) is 4.63. The summed E-state index contributed by atoms with van der Waals surface area (Å²) in [5.41, 5.74) is 0.253. The number of carbonyl (C=O) groups is 1. The number of hydrogen-bond acceptors (Lipinski definition) is 4. The van der Waals surface area contributed by atoms with E-state index < -0.39 is 5.97 Å². The maximum absolute atomic E-state index is 11.2. The lowest BCUT2D eigenvalue weighted by atomic mass is 10.2. The number of rotatable bonds is 3. The second kappa shape index (κ2) is 4.72. The van der Waals surface area contributed by atoms with Gasteiger partial charge in [0.05, 0.1) is 14.2 Å². The summed E-state index contributed by atoms with van der Waals surface area (Å²) in [4.78, 5) is 11.2. The van der Waals surface area contributed by atoms with Crippen LogP contribution in [0.2, 0.25) is 0 Å². The third-order valence-corrected chi connectivity index (χ3v) is 1.84. The average molecular weight is 217 g/mol. The fourth-order valence-corrected chi connectivity index (χ4v) is 1.10. The lowest BCUT2D eigenvalue weighted by Crippen LogP contribution is -2.02. The zero-order valence-corrected chi connectivity index (χ0v) is 8.50. The van der Waals surface area contributed by atoms with Gasteiger partial charge in [-0.1, -0.05) is 0 Å². The Bertz CT molecular complexity index is 338. The predicted molar refractivity (Wildman–Crippen MR) is 50.8 cm³/mol. The Hall–Kier alpha value is -1.42. The molecule has 5 heteroatoms. The number of halogens is 1. The van der Waals surface area contributed by atoms with Crippen molar-refractivity contribution in [2.45, 2.75) is 0 Å². The molecular weight excluding hydrogens is 208 g/mol. The van der Waals surface area contributed by atoms with Gasteiger partial charge in [-0.3, -0.25) is 0 Å². The second-order valence-electron chi connectivity index (χ2n) is 2.43. The van der Waals surface area contributed by atoms with Crippen molar-refractivity contribution in [3.8, 4) is 11.5 Å². The van der Waals surface area contributed by atoms with Gasteiger partial charge in [0.2, 0.25) is 0 Å². The number of ether oxygens (including phenoxy) is 2. The summed E-state index contributed by atoms with van der Waals surface area (Å²) in [7, 11) is 2.79. The van der Waals surface area contributed by atoms with E-state index in [0.29, 0.717) is 5.75 Å². The molecule has 0 N–H and O–H groups in total. The maximum Gasteiger partial charge on any atom is 0.341 e. The molecule has 0 aliphatic rings. The molecule has 1 aromatic carbocycles. The van der Waals surface area contributed by atoms with Crippen LogP contribution in [0.5, 0.6) is 11.5 Å². The van der Waals surface area contributed by atoms with Crippen molar-refractivity contribution < 1.29 is 18.6 Å². The molecule has 1 rings (SSSR count). The molecule has 0 amide bonds. The van der Waals surface area contributed by atoms with E-state index in [1.165, 1.54) is 26.4 Å². The van der Waals surface area contributed by atoms with Crippen molar-refractivity contribution in [1.82, 2.24) is 0 Å². The molecule has 0 unspecified atom stereocenters. The Labute approximate surface area is 86.5 Å². The molecule has 14 heavy (non-hydrogen) atoms. The largest absolute Gasteiger partial charge is 0.497 e. The molecule has 4 nitrogen and oxygen atoms in total. The zero-order chi connectivity index (χ0) is 10.6. The number of carbonyl (C=O) groups excluding carboxylic acids is 1. The van der Waals surface area contributed by atoms with Gasteiger partial charge >= 0.3 is 5.97 Å². The van der Waals surface area contributed by atoms with Gasteiger partial charge in [0.1, 0.15) is 23.2 Å². The van der Waals surface area contributed by atoms with E-state index >= 15 is 0 Å². The highest BCUT2D eigenvalue weighted by atomic mass is 35.5. The smallest absolute Gasteiger partial charge is 0.341 e. The Balaban J connectivity index is 3.11. The molecule has 0 fully saturated rings. The highest BCUT2D eigenvalue weighted by Crippen LogP contribution is 2.26. The SMILES string of the molecule is COC(=O)c1ccc(OC)cc1OCl. The van der Waals surface area contributed by atoms with Crippen LogP contribution in [0.15, 0.2) is 18.2 Å². The summed E-state index contributed by atoms with van der Waals surface area (Å²) in [6.07, 6.45) is 0. The Morgan fingerprint density at radius 1 is 1.36 bits per heavy atom. The molecular formula is C9H9ClO4. The van der Waals surface area contributed by atoms with Crippen molar-refractivity contribution in [3.63, 3.8) is 0 Å². The first kappa shape index (κ1) is 10.7. The third kappa shape index (κ3) is 2.09. The number of esters is 1. The molecule has 0 aliphatic heterocycles. The fraction of sp³-hybridized carbons (Fsp3) is 0.222. The van der Waals surface area contributed by atoms with E-state index in [9.17, 15) is 4.79 Å². The minimum Gasteiger partial charge on any atom is -0.497 e. The monoisotopic (exact) mass is 216 g/mol. The van der Waals surface area contributed by atoms with Crippen molar-refractivity contribution in [3.05, 3.63) is 23.8 Å². The van der Waals surface area contributed by atoms with Gasteiger partial charge in [-0.15, -0.1) is 0 Å². The van der Waals surface area contributed by atoms with Crippen LogP contribution < -0.4 is 9.03 Å². The van der Waals surface area contributed by atoms with Gasteiger partial charge in [-0.2, -0.15) is 0 Å². The Kier molecular flexibility index (Phi) is 3.59. The topological polar surface area (TPSA) is 44.8 Å². The lowest BCUT2D eigenvalue weighted by molar-refractivity contribution is 0.0598. The molecule has 0 radical (unpaired) electrons. The van der Waals surface area contributed by atoms with Crippen LogP contribution in [0.3, 0.4) is 0 Å². The van der Waals surface area contributed by atoms with E-state index in [0.717, 1.165) is 0 Å². The molecule has 0 atom stereocenters. The molecule has 0 saturated carbocycles. The molecule has 0 aromatic heterocycles. The van der Waals surface area contributed by atoms with Crippen molar-refractivity contribution in [1.29, 1.82) is 0 Å². The first-order valence-electron chi connectivity index (χ1n) is 3.78. The molecule has 0 bridgehead atoms. The van der Waals surface area contributed by atoms with Crippen LogP contribution in [0.1, 0.15) is 10.4 Å². The summed E-state index contributed by atoms with van der Waals surface area (Å²) in [6.45, 7) is 0. The predicted octanol–water partition coefficient (Wildman–Crippen LogP) is 2.01. The van der Waals surface area contributed by atoms with E-state index in [1.54, 1.807) is 6.07 Å². The molecule has 0 spiro atoms. The number of hydrogen-bond donors (Lipinski definition) is 0. The van der Waals surface area contributed by atoms with Crippen LogP contribution in [0.4, 0.5) is 0 Å². The number of benzene rings is 1. The highest BCUT2D eigenvalue weighted by Gasteiger charge is 2.13. The highest BCUT2D eigenvalue weighted by molar-refractivity contribution is 6.10. The third-order valence-electron chi connectivity index (χ3n) is 1.68. The van der Waals surface area contributed by atoms with Crippen molar-refractivity contribution in [2.24, 2.45) is 0 Å². The second-order valence-corrected chi connectivity index (χ2v) is 2.59. The van der Waals surface area contributed by atoms with E-state index in [1.807, 2.05) is 0 Å². The van der Waals surface area contributed by atoms with Crippen LogP contribution in [-0.2, 0) is 4.74 Å². The van der Waals surface area contributed by atoms with E-state index in [2.05, 4.69) is 9.03 Å². The first-order valence-corrected chi connectivity index (χ1v) is 4.08. The van der Waals surface area contributed by atoms with Gasteiger partial charge in [0, 0.05) is 6.07 Å². The maximum atomic E-state index is 11.2. The Morgan fingerprint density at radius 3 is 2.57 bits per heavy atom. The first-order chi connectivity index (χ1) is 6.72. The minimum atomic E-state index is -0.511. The summed E-state index contributed by atoms with van der Waals surface area (Å²) < 4.78 is 14.0. The Morgan fingerprint density at radius 2 is 2.07 bits per heavy atom. The lowest BCUT2D eigenvalue weighted by Gasteiger charge is -2.06.